The number of hydrogen-bond donors (Lipinski definition) is 0. The second-order valence-electron chi connectivity index (χ2n) is 7.77. The first-order chi connectivity index (χ1) is 16.0. The van der Waals surface area contributed by atoms with Gasteiger partial charge in [-0.25, -0.2) is 9.37 Å². The SMILES string of the molecule is CCCN(C(=O)CC)c1ccc(-c2ccc(C(=O)CCc3ccc(OC)nc3)cc2)cc1F. The van der Waals surface area contributed by atoms with Gasteiger partial charge < -0.3 is 9.64 Å². The standard InChI is InChI=1S/C27H29FN2O3/c1-4-16-30(27(32)5-2)24-13-12-22(17-23(24)28)20-8-10-21(11-9-20)25(31)14-6-19-7-15-26(33-3)29-18-19/h7-13,15,17-18H,4-6,14,16H2,1-3H3. The lowest BCUT2D eigenvalue weighted by molar-refractivity contribution is -0.118. The maximum Gasteiger partial charge on any atom is 0.226 e. The van der Waals surface area contributed by atoms with Crippen molar-refractivity contribution >= 4 is 17.4 Å². The van der Waals surface area contributed by atoms with Crippen molar-refractivity contribution in [3.63, 3.8) is 0 Å². The molecule has 1 aromatic heterocycles. The van der Waals surface area contributed by atoms with Crippen LogP contribution in [0.3, 0.4) is 0 Å². The normalized spacial score (nSPS) is 10.7. The molecule has 3 aromatic rings. The van der Waals surface area contributed by atoms with E-state index < -0.39 is 5.82 Å². The Morgan fingerprint density at radius 2 is 1.73 bits per heavy atom. The molecule has 1 heterocycles. The first-order valence-corrected chi connectivity index (χ1v) is 11.2. The number of aryl methyl sites for hydroxylation is 1. The van der Waals surface area contributed by atoms with Gasteiger partial charge in [0.2, 0.25) is 11.8 Å². The number of aromatic nitrogens is 1. The van der Waals surface area contributed by atoms with Crippen molar-refractivity contribution in [2.75, 3.05) is 18.6 Å². The molecule has 1 amide bonds. The minimum atomic E-state index is -0.434. The van der Waals surface area contributed by atoms with Gasteiger partial charge in [-0.2, -0.15) is 0 Å². The van der Waals surface area contributed by atoms with Crippen LogP contribution >= 0.6 is 0 Å². The van der Waals surface area contributed by atoms with Gasteiger partial charge in [-0.05, 0) is 41.7 Å². The highest BCUT2D eigenvalue weighted by Crippen LogP contribution is 2.28. The van der Waals surface area contributed by atoms with Crippen molar-refractivity contribution in [1.29, 1.82) is 0 Å². The van der Waals surface area contributed by atoms with Crippen LogP contribution in [0.1, 0.15) is 49.0 Å². The summed E-state index contributed by atoms with van der Waals surface area (Å²) in [5.41, 5.74) is 3.38. The first kappa shape index (κ1) is 24.1. The van der Waals surface area contributed by atoms with Crippen LogP contribution in [0.15, 0.2) is 60.8 Å². The molecular weight excluding hydrogens is 419 g/mol. The molecule has 0 spiro atoms. The Hall–Kier alpha value is -3.54. The summed E-state index contributed by atoms with van der Waals surface area (Å²) in [5, 5.41) is 0. The Kier molecular flexibility index (Phi) is 8.30. The smallest absolute Gasteiger partial charge is 0.226 e. The number of ether oxygens (including phenoxy) is 1. The Morgan fingerprint density at radius 1 is 1.00 bits per heavy atom. The van der Waals surface area contributed by atoms with E-state index in [1.54, 1.807) is 50.6 Å². The molecular formula is C27H29FN2O3. The largest absolute Gasteiger partial charge is 0.481 e. The number of rotatable bonds is 10. The maximum atomic E-state index is 14.9. The summed E-state index contributed by atoms with van der Waals surface area (Å²) in [6, 6.07) is 15.7. The number of nitrogens with zero attached hydrogens (tertiary/aromatic N) is 2. The molecule has 0 saturated heterocycles. The number of carbonyl (C=O) groups excluding carboxylic acids is 2. The Labute approximate surface area is 194 Å². The van der Waals surface area contributed by atoms with E-state index in [-0.39, 0.29) is 11.7 Å². The Bertz CT molecular complexity index is 1100. The lowest BCUT2D eigenvalue weighted by Crippen LogP contribution is -2.31. The summed E-state index contributed by atoms with van der Waals surface area (Å²) in [7, 11) is 1.56. The van der Waals surface area contributed by atoms with Crippen molar-refractivity contribution in [3.05, 3.63) is 77.7 Å². The Morgan fingerprint density at radius 3 is 2.30 bits per heavy atom. The number of ketones is 1. The van der Waals surface area contributed by atoms with Crippen LogP contribution < -0.4 is 9.64 Å². The van der Waals surface area contributed by atoms with Gasteiger partial charge in [0.1, 0.15) is 5.82 Å². The van der Waals surface area contributed by atoms with E-state index in [0.29, 0.717) is 48.5 Å². The van der Waals surface area contributed by atoms with Crippen molar-refractivity contribution in [1.82, 2.24) is 4.98 Å². The number of Topliss-reactive ketones (excluding diaryl/α,β-unsaturated/α-hetero) is 1. The molecule has 0 fully saturated rings. The van der Waals surface area contributed by atoms with Gasteiger partial charge in [-0.1, -0.05) is 50.2 Å². The van der Waals surface area contributed by atoms with Gasteiger partial charge in [-0.15, -0.1) is 0 Å². The highest BCUT2D eigenvalue weighted by atomic mass is 19.1. The van der Waals surface area contributed by atoms with E-state index in [1.807, 2.05) is 25.1 Å². The summed E-state index contributed by atoms with van der Waals surface area (Å²) in [4.78, 5) is 30.4. The molecule has 0 unspecified atom stereocenters. The second kappa shape index (κ2) is 11.4. The topological polar surface area (TPSA) is 59.5 Å². The third kappa shape index (κ3) is 6.04. The number of amides is 1. The van der Waals surface area contributed by atoms with Crippen molar-refractivity contribution in [2.45, 2.75) is 39.5 Å². The number of hydrogen-bond acceptors (Lipinski definition) is 4. The number of methoxy groups -OCH3 is 1. The van der Waals surface area contributed by atoms with E-state index >= 15 is 0 Å². The number of anilines is 1. The summed E-state index contributed by atoms with van der Waals surface area (Å²) in [6.45, 7) is 4.21. The molecule has 172 valence electrons. The van der Waals surface area contributed by atoms with Crippen molar-refractivity contribution in [3.8, 4) is 17.0 Å². The van der Waals surface area contributed by atoms with Gasteiger partial charge in [0.25, 0.3) is 0 Å². The molecule has 3 rings (SSSR count). The maximum absolute atomic E-state index is 14.9. The summed E-state index contributed by atoms with van der Waals surface area (Å²) in [6.07, 6.45) is 3.75. The number of carbonyl (C=O) groups is 2. The van der Waals surface area contributed by atoms with Crippen LogP contribution in [0.4, 0.5) is 10.1 Å². The molecule has 0 N–H and O–H groups in total. The molecule has 33 heavy (non-hydrogen) atoms. The van der Waals surface area contributed by atoms with Crippen molar-refractivity contribution < 1.29 is 18.7 Å². The molecule has 0 aliphatic heterocycles. The van der Waals surface area contributed by atoms with E-state index in [2.05, 4.69) is 4.98 Å². The zero-order valence-corrected chi connectivity index (χ0v) is 19.3. The third-order valence-electron chi connectivity index (χ3n) is 5.48. The highest BCUT2D eigenvalue weighted by Gasteiger charge is 2.17. The monoisotopic (exact) mass is 448 g/mol. The second-order valence-corrected chi connectivity index (χ2v) is 7.77. The van der Waals surface area contributed by atoms with Gasteiger partial charge in [-0.3, -0.25) is 9.59 Å². The van der Waals surface area contributed by atoms with Gasteiger partial charge in [0.05, 0.1) is 12.8 Å². The molecule has 0 aliphatic carbocycles. The van der Waals surface area contributed by atoms with E-state index in [4.69, 9.17) is 4.74 Å². The van der Waals surface area contributed by atoms with E-state index in [9.17, 15) is 14.0 Å². The number of pyridine rings is 1. The number of halogens is 1. The fourth-order valence-electron chi connectivity index (χ4n) is 3.63. The van der Waals surface area contributed by atoms with Crippen molar-refractivity contribution in [2.24, 2.45) is 0 Å². The fraction of sp³-hybridized carbons (Fsp3) is 0.296. The Balaban J connectivity index is 1.69. The van der Waals surface area contributed by atoms with Gasteiger partial charge in [0.15, 0.2) is 5.78 Å². The van der Waals surface area contributed by atoms with Crippen LogP contribution in [0, 0.1) is 5.82 Å². The first-order valence-electron chi connectivity index (χ1n) is 11.2. The summed E-state index contributed by atoms with van der Waals surface area (Å²) >= 11 is 0. The van der Waals surface area contributed by atoms with Crippen LogP contribution in [0.25, 0.3) is 11.1 Å². The summed E-state index contributed by atoms with van der Waals surface area (Å²) < 4.78 is 19.9. The third-order valence-corrected chi connectivity index (χ3v) is 5.48. The molecule has 0 saturated carbocycles. The lowest BCUT2D eigenvalue weighted by atomic mass is 9.99. The predicted molar refractivity (Wildman–Crippen MR) is 128 cm³/mol. The fourth-order valence-corrected chi connectivity index (χ4v) is 3.63. The van der Waals surface area contributed by atoms with E-state index in [1.165, 1.54) is 11.0 Å². The van der Waals surface area contributed by atoms with Crippen LogP contribution in [0.2, 0.25) is 0 Å². The van der Waals surface area contributed by atoms with Gasteiger partial charge >= 0.3 is 0 Å². The van der Waals surface area contributed by atoms with E-state index in [0.717, 1.165) is 17.5 Å². The van der Waals surface area contributed by atoms with Crippen LogP contribution in [-0.4, -0.2) is 30.3 Å². The predicted octanol–water partition coefficient (Wildman–Crippen LogP) is 5.86. The minimum absolute atomic E-state index is 0.0344. The minimum Gasteiger partial charge on any atom is -0.481 e. The molecule has 0 radical (unpaired) electrons. The molecule has 5 nitrogen and oxygen atoms in total. The molecule has 0 aliphatic rings. The lowest BCUT2D eigenvalue weighted by Gasteiger charge is -2.22. The zero-order chi connectivity index (χ0) is 23.8. The highest BCUT2D eigenvalue weighted by molar-refractivity contribution is 5.96. The molecule has 2 aromatic carbocycles. The molecule has 0 atom stereocenters. The van der Waals surface area contributed by atoms with Crippen LogP contribution in [0.5, 0.6) is 5.88 Å². The molecule has 6 heteroatoms. The average Bonchev–Trinajstić information content (AvgIpc) is 2.86. The molecule has 0 bridgehead atoms. The number of benzene rings is 2. The zero-order valence-electron chi connectivity index (χ0n) is 19.3. The van der Waals surface area contributed by atoms with Gasteiger partial charge in [0, 0.05) is 37.2 Å². The quantitative estimate of drug-likeness (QED) is 0.364. The average molecular weight is 449 g/mol. The van der Waals surface area contributed by atoms with Crippen LogP contribution in [-0.2, 0) is 11.2 Å². The summed E-state index contributed by atoms with van der Waals surface area (Å²) in [5.74, 6) is 0.0418.